The van der Waals surface area contributed by atoms with Gasteiger partial charge in [-0.3, -0.25) is 4.79 Å². The maximum Gasteiger partial charge on any atom is 0.344 e. The molecule has 0 saturated carbocycles. The van der Waals surface area contributed by atoms with Gasteiger partial charge in [-0.2, -0.15) is 0 Å². The van der Waals surface area contributed by atoms with Crippen LogP contribution in [0.2, 0.25) is 0 Å². The summed E-state index contributed by atoms with van der Waals surface area (Å²) in [5, 5.41) is 1.27. The summed E-state index contributed by atoms with van der Waals surface area (Å²) >= 11 is 1.56. The number of hydrogen-bond donors (Lipinski definition) is 0. The van der Waals surface area contributed by atoms with Gasteiger partial charge in [0.2, 0.25) is 0 Å². The number of anilines is 1. The van der Waals surface area contributed by atoms with E-state index in [0.717, 1.165) is 217 Å². The molecule has 0 N–H and O–H groups in total. The molecular formula is C60H91NO14S. The van der Waals surface area contributed by atoms with Crippen molar-refractivity contribution in [3.63, 3.8) is 0 Å². The van der Waals surface area contributed by atoms with Gasteiger partial charge in [0.1, 0.15) is 5.75 Å². The molecule has 1 heterocycles. The lowest BCUT2D eigenvalue weighted by molar-refractivity contribution is -0.146. The van der Waals surface area contributed by atoms with Crippen LogP contribution in [0, 0.1) is 0 Å². The standard InChI is InChI=1S/C60H91NO14S/c1-61(2)52-27-25-51(26-28-52)60(64)74-48-22-20-46-72-44-18-16-42-70-40-14-12-38-68-36-10-8-34-66-32-6-5-31-65-33-7-9-35-67-37-11-13-39-69-41-15-17-43-71-45-19-21-47-73-58(62)50-75-53-29-30-57-55(49-53)59(63)54-23-3-4-24-56(54)76-57/h3-4,23-30,49H,5-22,31-48,50H2,1-2H3. The number of esters is 2. The monoisotopic (exact) mass is 1080 g/mol. The zero-order valence-corrected chi connectivity index (χ0v) is 46.9. The number of rotatable bonds is 50. The Bertz CT molecular complexity index is 2140. The van der Waals surface area contributed by atoms with E-state index in [4.69, 9.17) is 52.1 Å². The summed E-state index contributed by atoms with van der Waals surface area (Å²) in [5.41, 5.74) is 1.59. The molecule has 0 spiro atoms. The fourth-order valence-electron chi connectivity index (χ4n) is 7.67. The Kier molecular flexibility index (Phi) is 37.0. The van der Waals surface area contributed by atoms with Crippen molar-refractivity contribution in [2.45, 2.75) is 116 Å². The van der Waals surface area contributed by atoms with Crippen molar-refractivity contribution < 1.29 is 61.7 Å². The summed E-state index contributed by atoms with van der Waals surface area (Å²) in [6, 6.07) is 20.3. The van der Waals surface area contributed by atoms with Gasteiger partial charge in [0.25, 0.3) is 0 Å². The Morgan fingerprint density at radius 3 is 1.16 bits per heavy atom. The van der Waals surface area contributed by atoms with E-state index in [0.29, 0.717) is 55.1 Å². The lowest BCUT2D eigenvalue weighted by atomic mass is 10.2. The normalized spacial score (nSPS) is 11.4. The van der Waals surface area contributed by atoms with Crippen LogP contribution in [0.1, 0.15) is 126 Å². The number of nitrogens with zero attached hydrogens (tertiary/aromatic N) is 1. The van der Waals surface area contributed by atoms with Crippen LogP contribution in [0.4, 0.5) is 5.69 Å². The summed E-state index contributed by atoms with van der Waals surface area (Å²) in [4.78, 5) is 39.2. The van der Waals surface area contributed by atoms with Crippen molar-refractivity contribution >= 4 is 49.1 Å². The third kappa shape index (κ3) is 30.6. The van der Waals surface area contributed by atoms with Crippen LogP contribution in [0.5, 0.6) is 5.75 Å². The average Bonchev–Trinajstić information content (AvgIpc) is 3.43. The van der Waals surface area contributed by atoms with E-state index in [1.54, 1.807) is 35.6 Å². The van der Waals surface area contributed by atoms with Gasteiger partial charge < -0.3 is 57.0 Å². The van der Waals surface area contributed by atoms with E-state index in [-0.39, 0.29) is 18.0 Å². The van der Waals surface area contributed by atoms with Gasteiger partial charge in [0.15, 0.2) is 12.0 Å². The first-order valence-corrected chi connectivity index (χ1v) is 29.0. The fraction of sp³-hybridized carbons (Fsp3) is 0.650. The van der Waals surface area contributed by atoms with E-state index in [9.17, 15) is 14.4 Å². The molecule has 15 nitrogen and oxygen atoms in total. The lowest BCUT2D eigenvalue weighted by Gasteiger charge is -2.12. The predicted octanol–water partition coefficient (Wildman–Crippen LogP) is 11.4. The van der Waals surface area contributed by atoms with Crippen molar-refractivity contribution in [1.29, 1.82) is 0 Å². The van der Waals surface area contributed by atoms with Crippen molar-refractivity contribution in [1.82, 2.24) is 0 Å². The number of unbranched alkanes of at least 4 members (excludes halogenated alkanes) is 9. The van der Waals surface area contributed by atoms with E-state index < -0.39 is 5.97 Å². The van der Waals surface area contributed by atoms with Crippen molar-refractivity contribution in [3.05, 3.63) is 82.5 Å². The van der Waals surface area contributed by atoms with Gasteiger partial charge in [-0.05, 0) is 170 Å². The second-order valence-corrected chi connectivity index (χ2v) is 20.0. The first-order valence-electron chi connectivity index (χ1n) is 28.2. The molecule has 4 rings (SSSR count). The molecular weight excluding hydrogens is 991 g/mol. The van der Waals surface area contributed by atoms with Crippen LogP contribution in [0.3, 0.4) is 0 Å². The Labute approximate surface area is 457 Å². The quantitative estimate of drug-likeness (QED) is 0.0234. The third-order valence-corrected chi connectivity index (χ3v) is 13.3. The minimum Gasteiger partial charge on any atom is -0.482 e. The van der Waals surface area contributed by atoms with Crippen LogP contribution in [-0.4, -0.2) is 152 Å². The number of hydrogen-bond acceptors (Lipinski definition) is 16. The van der Waals surface area contributed by atoms with E-state index >= 15 is 0 Å². The van der Waals surface area contributed by atoms with Crippen molar-refractivity contribution in [2.75, 3.05) is 145 Å². The van der Waals surface area contributed by atoms with Crippen molar-refractivity contribution in [3.8, 4) is 5.75 Å². The Hall–Kier alpha value is -4.23. The summed E-state index contributed by atoms with van der Waals surface area (Å²) in [7, 11) is 3.94. The van der Waals surface area contributed by atoms with Gasteiger partial charge in [-0.15, -0.1) is 11.3 Å². The van der Waals surface area contributed by atoms with Crippen molar-refractivity contribution in [2.24, 2.45) is 0 Å². The second-order valence-electron chi connectivity index (χ2n) is 18.9. The summed E-state index contributed by atoms with van der Waals surface area (Å²) in [5.74, 6) is -0.249. The SMILES string of the molecule is CN(C)c1ccc(C(=O)OCCCCOCCCCOCCCCOCCCCOCCCCOCCCCOCCCCOCCCCOCCCCOC(=O)COc2ccc3sc4ccccc4c(=O)c3c2)cc1. The number of carbonyl (C=O) groups is 2. The third-order valence-electron chi connectivity index (χ3n) is 12.2. The number of carbonyl (C=O) groups excluding carboxylic acids is 2. The van der Waals surface area contributed by atoms with Crippen LogP contribution in [0.15, 0.2) is 71.5 Å². The molecule has 76 heavy (non-hydrogen) atoms. The first kappa shape index (κ1) is 64.3. The molecule has 3 aromatic carbocycles. The number of ether oxygens (including phenoxy) is 11. The molecule has 0 radical (unpaired) electrons. The summed E-state index contributed by atoms with van der Waals surface area (Å²) in [6.45, 7) is 12.5. The first-order chi connectivity index (χ1) is 37.4. The molecule has 0 aliphatic heterocycles. The van der Waals surface area contributed by atoms with Crippen LogP contribution < -0.4 is 15.1 Å². The van der Waals surface area contributed by atoms with Crippen LogP contribution in [-0.2, 0) is 52.2 Å². The molecule has 0 unspecified atom stereocenters. The van der Waals surface area contributed by atoms with Gasteiger partial charge in [0.05, 0.1) is 18.8 Å². The second kappa shape index (κ2) is 43.7. The van der Waals surface area contributed by atoms with Gasteiger partial charge in [0, 0.05) is 146 Å². The molecule has 0 amide bonds. The highest BCUT2D eigenvalue weighted by Crippen LogP contribution is 2.27. The largest absolute Gasteiger partial charge is 0.482 e. The average molecular weight is 1080 g/mol. The smallest absolute Gasteiger partial charge is 0.344 e. The zero-order chi connectivity index (χ0) is 53.8. The van der Waals surface area contributed by atoms with Gasteiger partial charge in [-0.1, -0.05) is 12.1 Å². The fourth-order valence-corrected chi connectivity index (χ4v) is 8.72. The maximum atomic E-state index is 12.9. The summed E-state index contributed by atoms with van der Waals surface area (Å²) < 4.78 is 64.2. The highest BCUT2D eigenvalue weighted by Gasteiger charge is 2.11. The number of fused-ring (bicyclic) bond motifs is 2. The van der Waals surface area contributed by atoms with Crippen LogP contribution in [0.25, 0.3) is 20.2 Å². The van der Waals surface area contributed by atoms with Crippen LogP contribution >= 0.6 is 11.3 Å². The zero-order valence-electron chi connectivity index (χ0n) is 46.1. The van der Waals surface area contributed by atoms with Gasteiger partial charge >= 0.3 is 11.9 Å². The summed E-state index contributed by atoms with van der Waals surface area (Å²) in [6.07, 6.45) is 17.2. The minimum absolute atomic E-state index is 0.0372. The molecule has 0 bridgehead atoms. The highest BCUT2D eigenvalue weighted by molar-refractivity contribution is 7.24. The van der Waals surface area contributed by atoms with E-state index in [1.165, 1.54) is 0 Å². The van der Waals surface area contributed by atoms with Gasteiger partial charge in [-0.25, -0.2) is 9.59 Å². The molecule has 0 aliphatic carbocycles. The molecule has 426 valence electrons. The molecule has 16 heteroatoms. The topological polar surface area (TPSA) is 156 Å². The predicted molar refractivity (Wildman–Crippen MR) is 303 cm³/mol. The Morgan fingerprint density at radius 2 is 0.763 bits per heavy atom. The number of benzene rings is 3. The lowest BCUT2D eigenvalue weighted by Crippen LogP contribution is -2.16. The minimum atomic E-state index is -0.437. The Morgan fingerprint density at radius 1 is 0.408 bits per heavy atom. The van der Waals surface area contributed by atoms with E-state index in [1.807, 2.05) is 61.5 Å². The molecule has 0 fully saturated rings. The molecule has 0 saturated heterocycles. The molecule has 4 aromatic rings. The molecule has 1 aromatic heterocycles. The maximum absolute atomic E-state index is 12.9. The molecule has 0 atom stereocenters. The highest BCUT2D eigenvalue weighted by atomic mass is 32.1. The Balaban J connectivity index is 0.744. The molecule has 0 aliphatic rings. The van der Waals surface area contributed by atoms with E-state index in [2.05, 4.69) is 0 Å².